The average Bonchev–Trinajstić information content (AvgIpc) is 2.56. The lowest BCUT2D eigenvalue weighted by molar-refractivity contribution is 0.847. The van der Waals surface area contributed by atoms with Crippen LogP contribution in [0, 0.1) is 0 Å². The largest absolute Gasteiger partial charge is 0.353 e. The summed E-state index contributed by atoms with van der Waals surface area (Å²) < 4.78 is 0. The molecule has 2 rings (SSSR count). The first kappa shape index (κ1) is 18.2. The molecular weight excluding hydrogens is 387 g/mol. The molecule has 1 heterocycles. The monoisotopic (exact) mass is 408 g/mol. The molecule has 0 atom stereocenters. The van der Waals surface area contributed by atoms with Gasteiger partial charge >= 0.3 is 0 Å². The highest BCUT2D eigenvalue weighted by atomic mass is 127. The molecule has 0 unspecified atom stereocenters. The highest BCUT2D eigenvalue weighted by Gasteiger charge is 2.01. The Hall–Kier alpha value is -1.89. The van der Waals surface area contributed by atoms with E-state index < -0.39 is 0 Å². The zero-order chi connectivity index (χ0) is 14.9. The van der Waals surface area contributed by atoms with Crippen LogP contribution >= 0.6 is 24.0 Å². The number of nitrogens with one attached hydrogen (secondary N) is 2. The molecule has 0 bridgehead atoms. The Bertz CT molecular complexity index is 611. The molecule has 0 aliphatic carbocycles. The first-order chi connectivity index (χ1) is 10.3. The van der Waals surface area contributed by atoms with E-state index in [4.69, 9.17) is 0 Å². The van der Waals surface area contributed by atoms with Gasteiger partial charge in [0.1, 0.15) is 0 Å². The zero-order valence-electron chi connectivity index (χ0n) is 12.6. The molecule has 0 amide bonds. The fourth-order valence-corrected chi connectivity index (χ4v) is 1.95. The summed E-state index contributed by atoms with van der Waals surface area (Å²) in [6, 6.07) is 14.3. The lowest BCUT2D eigenvalue weighted by Gasteiger charge is -2.11. The van der Waals surface area contributed by atoms with E-state index in [2.05, 4.69) is 45.4 Å². The van der Waals surface area contributed by atoms with E-state index in [0.717, 1.165) is 17.2 Å². The molecule has 22 heavy (non-hydrogen) atoms. The van der Waals surface area contributed by atoms with Gasteiger partial charge in [-0.25, -0.2) is 0 Å². The molecule has 1 aromatic heterocycles. The molecule has 0 spiro atoms. The van der Waals surface area contributed by atoms with E-state index in [0.29, 0.717) is 13.1 Å². The highest BCUT2D eigenvalue weighted by Crippen LogP contribution is 2.17. The maximum Gasteiger partial charge on any atom is 0.191 e. The first-order valence-electron chi connectivity index (χ1n) is 6.89. The summed E-state index contributed by atoms with van der Waals surface area (Å²) in [5.41, 5.74) is 3.28. The number of halogens is 1. The third-order valence-corrected chi connectivity index (χ3v) is 2.99. The standard InChI is InChI=1S/C17H20N4.HI/c1-3-10-20-17(18-2)21-13-14-7-6-8-15(12-14)16-9-4-5-11-19-16;/h3-9,11-12H,1,10,13H2,2H3,(H2,18,20,21);1H. The van der Waals surface area contributed by atoms with Crippen LogP contribution in [0.25, 0.3) is 11.3 Å². The number of aromatic nitrogens is 1. The Morgan fingerprint density at radius 1 is 1.23 bits per heavy atom. The first-order valence-corrected chi connectivity index (χ1v) is 6.89. The maximum absolute atomic E-state index is 4.37. The lowest BCUT2D eigenvalue weighted by atomic mass is 10.1. The molecule has 116 valence electrons. The van der Waals surface area contributed by atoms with E-state index in [9.17, 15) is 0 Å². The number of hydrogen-bond donors (Lipinski definition) is 2. The molecular formula is C17H21IN4. The van der Waals surface area contributed by atoms with E-state index in [1.165, 1.54) is 5.56 Å². The van der Waals surface area contributed by atoms with Gasteiger partial charge in [-0.3, -0.25) is 9.98 Å². The number of pyridine rings is 1. The van der Waals surface area contributed by atoms with Crippen molar-refractivity contribution in [2.45, 2.75) is 6.54 Å². The zero-order valence-corrected chi connectivity index (χ0v) is 15.0. The molecule has 0 fully saturated rings. The van der Waals surface area contributed by atoms with Crippen molar-refractivity contribution in [3.63, 3.8) is 0 Å². The van der Waals surface area contributed by atoms with Gasteiger partial charge in [-0.2, -0.15) is 0 Å². The molecule has 0 aliphatic rings. The van der Waals surface area contributed by atoms with Crippen molar-refractivity contribution in [1.29, 1.82) is 0 Å². The topological polar surface area (TPSA) is 49.3 Å². The molecule has 0 aliphatic heterocycles. The van der Waals surface area contributed by atoms with Crippen LogP contribution in [0.3, 0.4) is 0 Å². The van der Waals surface area contributed by atoms with Crippen molar-refractivity contribution < 1.29 is 0 Å². The number of aliphatic imine (C=N–C) groups is 1. The molecule has 2 N–H and O–H groups in total. The summed E-state index contributed by atoms with van der Waals surface area (Å²) in [5, 5.41) is 6.41. The molecule has 4 nitrogen and oxygen atoms in total. The SMILES string of the molecule is C=CCNC(=NC)NCc1cccc(-c2ccccn2)c1.I. The van der Waals surface area contributed by atoms with Crippen molar-refractivity contribution in [2.24, 2.45) is 4.99 Å². The summed E-state index contributed by atoms with van der Waals surface area (Å²) >= 11 is 0. The van der Waals surface area contributed by atoms with Crippen LogP contribution < -0.4 is 10.6 Å². The molecule has 1 aromatic carbocycles. The molecule has 5 heteroatoms. The van der Waals surface area contributed by atoms with Gasteiger partial charge in [-0.05, 0) is 23.8 Å². The molecule has 0 saturated heterocycles. The number of nitrogens with zero attached hydrogens (tertiary/aromatic N) is 2. The predicted molar refractivity (Wildman–Crippen MR) is 103 cm³/mol. The third-order valence-electron chi connectivity index (χ3n) is 2.99. The summed E-state index contributed by atoms with van der Waals surface area (Å²) in [5.74, 6) is 0.762. The van der Waals surface area contributed by atoms with Crippen LogP contribution in [-0.4, -0.2) is 24.5 Å². The van der Waals surface area contributed by atoms with Crippen molar-refractivity contribution >= 4 is 29.9 Å². The fraction of sp³-hybridized carbons (Fsp3) is 0.176. The smallest absolute Gasteiger partial charge is 0.191 e. The van der Waals surface area contributed by atoms with Gasteiger partial charge in [-0.1, -0.05) is 30.3 Å². The fourth-order valence-electron chi connectivity index (χ4n) is 1.95. The maximum atomic E-state index is 4.37. The van der Waals surface area contributed by atoms with Gasteiger partial charge in [0.15, 0.2) is 5.96 Å². The van der Waals surface area contributed by atoms with E-state index in [1.54, 1.807) is 19.3 Å². The van der Waals surface area contributed by atoms with Crippen LogP contribution in [-0.2, 0) is 6.54 Å². The Labute approximate surface area is 148 Å². The number of hydrogen-bond acceptors (Lipinski definition) is 2. The van der Waals surface area contributed by atoms with Crippen LogP contribution in [0.5, 0.6) is 0 Å². The van der Waals surface area contributed by atoms with Crippen LogP contribution in [0.2, 0.25) is 0 Å². The van der Waals surface area contributed by atoms with E-state index in [-0.39, 0.29) is 24.0 Å². The normalized spacial score (nSPS) is 10.5. The highest BCUT2D eigenvalue weighted by molar-refractivity contribution is 14.0. The average molecular weight is 408 g/mol. The van der Waals surface area contributed by atoms with E-state index in [1.807, 2.05) is 24.3 Å². The third kappa shape index (κ3) is 5.48. The van der Waals surface area contributed by atoms with Gasteiger partial charge in [-0.15, -0.1) is 30.6 Å². The minimum Gasteiger partial charge on any atom is -0.353 e. The van der Waals surface area contributed by atoms with Gasteiger partial charge in [0.25, 0.3) is 0 Å². The predicted octanol–water partition coefficient (Wildman–Crippen LogP) is 3.22. The van der Waals surface area contributed by atoms with Gasteiger partial charge in [0.2, 0.25) is 0 Å². The van der Waals surface area contributed by atoms with E-state index >= 15 is 0 Å². The van der Waals surface area contributed by atoms with Crippen molar-refractivity contribution in [3.8, 4) is 11.3 Å². The summed E-state index contributed by atoms with van der Waals surface area (Å²) in [4.78, 5) is 8.53. The Kier molecular flexibility index (Phi) is 8.21. The van der Waals surface area contributed by atoms with Gasteiger partial charge in [0.05, 0.1) is 5.69 Å². The minimum absolute atomic E-state index is 0. The number of rotatable bonds is 5. The summed E-state index contributed by atoms with van der Waals surface area (Å²) in [6.45, 7) is 5.07. The van der Waals surface area contributed by atoms with Crippen LogP contribution in [0.4, 0.5) is 0 Å². The Balaban J connectivity index is 0.00000242. The lowest BCUT2D eigenvalue weighted by Crippen LogP contribution is -2.36. The minimum atomic E-state index is 0. The van der Waals surface area contributed by atoms with Crippen molar-refractivity contribution in [3.05, 3.63) is 66.9 Å². The second kappa shape index (κ2) is 9.94. The van der Waals surface area contributed by atoms with Crippen molar-refractivity contribution in [1.82, 2.24) is 15.6 Å². The van der Waals surface area contributed by atoms with Gasteiger partial charge in [0, 0.05) is 31.9 Å². The molecule has 0 radical (unpaired) electrons. The Morgan fingerprint density at radius 3 is 2.77 bits per heavy atom. The van der Waals surface area contributed by atoms with Gasteiger partial charge < -0.3 is 10.6 Å². The van der Waals surface area contributed by atoms with Crippen molar-refractivity contribution in [2.75, 3.05) is 13.6 Å². The van der Waals surface area contributed by atoms with Crippen LogP contribution in [0.15, 0.2) is 66.3 Å². The summed E-state index contributed by atoms with van der Waals surface area (Å²) in [6.07, 6.45) is 3.61. The number of benzene rings is 1. The second-order valence-corrected chi connectivity index (χ2v) is 4.51. The molecule has 0 saturated carbocycles. The van der Waals surface area contributed by atoms with Crippen LogP contribution in [0.1, 0.15) is 5.56 Å². The molecule has 2 aromatic rings. The quantitative estimate of drug-likeness (QED) is 0.346. The summed E-state index contributed by atoms with van der Waals surface area (Å²) in [7, 11) is 1.75. The Morgan fingerprint density at radius 2 is 2.09 bits per heavy atom. The second-order valence-electron chi connectivity index (χ2n) is 4.51. The number of guanidine groups is 1.